The molecule has 0 aliphatic carbocycles. The molecule has 1 atom stereocenters. The molecule has 1 aromatic rings. The Kier molecular flexibility index (Phi) is 3.45. The van der Waals surface area contributed by atoms with Crippen molar-refractivity contribution in [3.63, 3.8) is 0 Å². The van der Waals surface area contributed by atoms with Crippen molar-refractivity contribution < 1.29 is 9.84 Å². The third-order valence-corrected chi connectivity index (χ3v) is 4.06. The van der Waals surface area contributed by atoms with Crippen LogP contribution in [-0.4, -0.2) is 36.4 Å². The van der Waals surface area contributed by atoms with Crippen molar-refractivity contribution in [2.24, 2.45) is 0 Å². The highest BCUT2D eigenvalue weighted by Crippen LogP contribution is 2.31. The molecule has 4 nitrogen and oxygen atoms in total. The molecule has 0 spiro atoms. The average molecular weight is 249 g/mol. The predicted molar refractivity (Wildman–Crippen MR) is 60.7 cm³/mol. The van der Waals surface area contributed by atoms with Crippen LogP contribution in [0.2, 0.25) is 5.15 Å². The number of aliphatic hydroxyl groups excluding tert-OH is 1. The van der Waals surface area contributed by atoms with Crippen LogP contribution in [0, 0.1) is 0 Å². The fraction of sp³-hybridized carbons (Fsp3) is 0.667. The third-order valence-electron chi connectivity index (χ3n) is 2.53. The summed E-state index contributed by atoms with van der Waals surface area (Å²) in [5.74, 6) is 0. The number of rotatable bonds is 3. The van der Waals surface area contributed by atoms with Crippen molar-refractivity contribution in [3.05, 3.63) is 10.0 Å². The molecule has 0 aromatic carbocycles. The Morgan fingerprint density at radius 2 is 2.53 bits per heavy atom. The lowest BCUT2D eigenvalue weighted by Crippen LogP contribution is -2.21. The molecule has 1 aliphatic rings. The van der Waals surface area contributed by atoms with Crippen molar-refractivity contribution in [2.45, 2.75) is 19.1 Å². The Morgan fingerprint density at radius 3 is 3.07 bits per heavy atom. The molecule has 1 N–H and O–H groups in total. The van der Waals surface area contributed by atoms with E-state index < -0.39 is 0 Å². The van der Waals surface area contributed by atoms with E-state index in [4.69, 9.17) is 21.4 Å². The highest BCUT2D eigenvalue weighted by atomic mass is 35.5. The standard InChI is InChI=1S/C9H13ClN2O2S/c1-14-6-2-3-12(4-6)9-11-8(10)7(5-13)15-9/h6,13H,2-5H2,1H3. The lowest BCUT2D eigenvalue weighted by Gasteiger charge is -2.13. The van der Waals surface area contributed by atoms with Gasteiger partial charge in [0.15, 0.2) is 5.13 Å². The fourth-order valence-electron chi connectivity index (χ4n) is 1.65. The van der Waals surface area contributed by atoms with Gasteiger partial charge in [0, 0.05) is 20.2 Å². The van der Waals surface area contributed by atoms with Crippen LogP contribution in [0.1, 0.15) is 11.3 Å². The summed E-state index contributed by atoms with van der Waals surface area (Å²) in [7, 11) is 1.72. The summed E-state index contributed by atoms with van der Waals surface area (Å²) >= 11 is 7.32. The minimum atomic E-state index is -0.0436. The topological polar surface area (TPSA) is 45.6 Å². The quantitative estimate of drug-likeness (QED) is 0.881. The van der Waals surface area contributed by atoms with Crippen LogP contribution in [0.3, 0.4) is 0 Å². The maximum Gasteiger partial charge on any atom is 0.187 e. The number of nitrogens with zero attached hydrogens (tertiary/aromatic N) is 2. The van der Waals surface area contributed by atoms with Crippen molar-refractivity contribution >= 4 is 28.1 Å². The van der Waals surface area contributed by atoms with Gasteiger partial charge in [0.1, 0.15) is 5.15 Å². The third kappa shape index (κ3) is 2.25. The van der Waals surface area contributed by atoms with Gasteiger partial charge >= 0.3 is 0 Å². The maximum atomic E-state index is 9.02. The van der Waals surface area contributed by atoms with Crippen LogP contribution >= 0.6 is 22.9 Å². The van der Waals surface area contributed by atoms with E-state index in [1.807, 2.05) is 0 Å². The van der Waals surface area contributed by atoms with Crippen molar-refractivity contribution in [1.82, 2.24) is 4.98 Å². The molecule has 0 saturated carbocycles. The van der Waals surface area contributed by atoms with Crippen molar-refractivity contribution in [3.8, 4) is 0 Å². The highest BCUT2D eigenvalue weighted by Gasteiger charge is 2.25. The molecule has 0 bridgehead atoms. The SMILES string of the molecule is COC1CCN(c2nc(Cl)c(CO)s2)C1. The van der Waals surface area contributed by atoms with E-state index in [1.54, 1.807) is 7.11 Å². The lowest BCUT2D eigenvalue weighted by molar-refractivity contribution is 0.121. The molecule has 15 heavy (non-hydrogen) atoms. The first-order valence-corrected chi connectivity index (χ1v) is 5.98. The molecular formula is C9H13ClN2O2S. The lowest BCUT2D eigenvalue weighted by atomic mass is 10.3. The van der Waals surface area contributed by atoms with Crippen LogP contribution in [0.4, 0.5) is 5.13 Å². The van der Waals surface area contributed by atoms with Gasteiger partial charge in [-0.25, -0.2) is 4.98 Å². The van der Waals surface area contributed by atoms with E-state index in [0.717, 1.165) is 29.5 Å². The second-order valence-electron chi connectivity index (χ2n) is 3.46. The molecule has 2 rings (SSSR count). The van der Waals surface area contributed by atoms with Gasteiger partial charge in [0.25, 0.3) is 0 Å². The summed E-state index contributed by atoms with van der Waals surface area (Å²) in [6.45, 7) is 1.75. The molecule has 0 amide bonds. The molecule has 1 aromatic heterocycles. The Balaban J connectivity index is 2.10. The van der Waals surface area contributed by atoms with Crippen molar-refractivity contribution in [1.29, 1.82) is 0 Å². The monoisotopic (exact) mass is 248 g/mol. The molecule has 2 heterocycles. The molecule has 1 saturated heterocycles. The number of hydrogen-bond acceptors (Lipinski definition) is 5. The molecule has 1 unspecified atom stereocenters. The highest BCUT2D eigenvalue weighted by molar-refractivity contribution is 7.16. The van der Waals surface area contributed by atoms with Gasteiger partial charge in [0.05, 0.1) is 17.6 Å². The van der Waals surface area contributed by atoms with Gasteiger partial charge in [-0.05, 0) is 6.42 Å². The van der Waals surface area contributed by atoms with Gasteiger partial charge in [-0.1, -0.05) is 22.9 Å². The maximum absolute atomic E-state index is 9.02. The Labute approximate surface area is 97.4 Å². The number of aliphatic hydroxyl groups is 1. The van der Waals surface area contributed by atoms with E-state index in [1.165, 1.54) is 11.3 Å². The Hall–Kier alpha value is -0.360. The normalized spacial score (nSPS) is 21.3. The van der Waals surface area contributed by atoms with Crippen molar-refractivity contribution in [2.75, 3.05) is 25.1 Å². The summed E-state index contributed by atoms with van der Waals surface area (Å²) < 4.78 is 5.28. The van der Waals surface area contributed by atoms with Crippen LogP contribution in [0.15, 0.2) is 0 Å². The second-order valence-corrected chi connectivity index (χ2v) is 4.88. The van der Waals surface area contributed by atoms with E-state index in [0.29, 0.717) is 5.15 Å². The van der Waals surface area contributed by atoms with E-state index in [2.05, 4.69) is 9.88 Å². The zero-order valence-electron chi connectivity index (χ0n) is 8.44. The number of thiazole rings is 1. The van der Waals surface area contributed by atoms with Gasteiger partial charge in [-0.3, -0.25) is 0 Å². The summed E-state index contributed by atoms with van der Waals surface area (Å²) in [4.78, 5) is 7.10. The molecular weight excluding hydrogens is 236 g/mol. The van der Waals surface area contributed by atoms with E-state index in [-0.39, 0.29) is 12.7 Å². The predicted octanol–water partition coefficient (Wildman–Crippen LogP) is 1.51. The van der Waals surface area contributed by atoms with Crippen LogP contribution in [-0.2, 0) is 11.3 Å². The molecule has 1 aliphatic heterocycles. The van der Waals surface area contributed by atoms with Gasteiger partial charge in [-0.2, -0.15) is 0 Å². The molecule has 0 radical (unpaired) electrons. The number of halogens is 1. The number of ether oxygens (including phenoxy) is 1. The summed E-state index contributed by atoms with van der Waals surface area (Å²) in [5.41, 5.74) is 0. The number of hydrogen-bond donors (Lipinski definition) is 1. The van der Waals surface area contributed by atoms with E-state index >= 15 is 0 Å². The minimum absolute atomic E-state index is 0.0436. The summed E-state index contributed by atoms with van der Waals surface area (Å²) in [5, 5.41) is 10.3. The first-order valence-electron chi connectivity index (χ1n) is 4.78. The van der Waals surface area contributed by atoms with Crippen LogP contribution in [0.5, 0.6) is 0 Å². The molecule has 1 fully saturated rings. The zero-order valence-corrected chi connectivity index (χ0v) is 10.0. The average Bonchev–Trinajstić information content (AvgIpc) is 2.83. The van der Waals surface area contributed by atoms with Gasteiger partial charge in [0.2, 0.25) is 0 Å². The fourth-order valence-corrected chi connectivity index (χ4v) is 2.80. The number of aromatic nitrogens is 1. The molecule has 84 valence electrons. The molecule has 6 heteroatoms. The Bertz CT molecular complexity index is 345. The first-order chi connectivity index (χ1) is 7.24. The summed E-state index contributed by atoms with van der Waals surface area (Å²) in [6, 6.07) is 0. The second kappa shape index (κ2) is 4.65. The Morgan fingerprint density at radius 1 is 1.73 bits per heavy atom. The van der Waals surface area contributed by atoms with Gasteiger partial charge in [-0.15, -0.1) is 0 Å². The minimum Gasteiger partial charge on any atom is -0.391 e. The van der Waals surface area contributed by atoms with Gasteiger partial charge < -0.3 is 14.7 Å². The number of anilines is 1. The van der Waals surface area contributed by atoms with Crippen LogP contribution < -0.4 is 4.90 Å². The largest absolute Gasteiger partial charge is 0.391 e. The first kappa shape index (κ1) is 11.1. The zero-order chi connectivity index (χ0) is 10.8. The van der Waals surface area contributed by atoms with E-state index in [9.17, 15) is 0 Å². The van der Waals surface area contributed by atoms with Crippen LogP contribution in [0.25, 0.3) is 0 Å². The number of methoxy groups -OCH3 is 1. The smallest absolute Gasteiger partial charge is 0.187 e. The summed E-state index contributed by atoms with van der Waals surface area (Å²) in [6.07, 6.45) is 1.30.